The van der Waals surface area contributed by atoms with E-state index in [0.717, 1.165) is 31.0 Å². The van der Waals surface area contributed by atoms with Crippen molar-refractivity contribution in [2.45, 2.75) is 70.0 Å². The fourth-order valence-corrected chi connectivity index (χ4v) is 4.98. The van der Waals surface area contributed by atoms with Crippen LogP contribution in [-0.4, -0.2) is 69.4 Å². The molecule has 170 valence electrons. The lowest BCUT2D eigenvalue weighted by Crippen LogP contribution is -2.41. The number of hydrogen-bond donors (Lipinski definition) is 2. The molecule has 1 saturated heterocycles. The molecule has 7 nitrogen and oxygen atoms in total. The van der Waals surface area contributed by atoms with Crippen molar-refractivity contribution in [1.29, 1.82) is 0 Å². The monoisotopic (exact) mass is 437 g/mol. The molecular formula is C22H39N5O2S. The molecule has 1 aromatic carbocycles. The molecule has 0 aliphatic carbocycles. The van der Waals surface area contributed by atoms with Crippen LogP contribution in [0, 0.1) is 0 Å². The number of likely N-dealkylation sites (tertiary alicyclic amines) is 1. The number of aliphatic imine (C=N–C) groups is 1. The molecule has 2 N–H and O–H groups in total. The van der Waals surface area contributed by atoms with Crippen LogP contribution in [0.5, 0.6) is 0 Å². The Balaban J connectivity index is 1.78. The first-order valence-electron chi connectivity index (χ1n) is 11.0. The van der Waals surface area contributed by atoms with Gasteiger partial charge in [0.25, 0.3) is 0 Å². The van der Waals surface area contributed by atoms with Crippen LogP contribution in [0.25, 0.3) is 0 Å². The predicted molar refractivity (Wildman–Crippen MR) is 124 cm³/mol. The number of hydrogen-bond acceptors (Lipinski definition) is 4. The maximum Gasteiger partial charge on any atom is 0.243 e. The van der Waals surface area contributed by atoms with Gasteiger partial charge in [-0.15, -0.1) is 0 Å². The van der Waals surface area contributed by atoms with Gasteiger partial charge in [0.15, 0.2) is 5.96 Å². The minimum atomic E-state index is -3.45. The van der Waals surface area contributed by atoms with E-state index in [1.807, 2.05) is 26.0 Å². The van der Waals surface area contributed by atoms with Gasteiger partial charge in [0, 0.05) is 45.8 Å². The van der Waals surface area contributed by atoms with Gasteiger partial charge < -0.3 is 15.5 Å². The molecule has 0 spiro atoms. The van der Waals surface area contributed by atoms with E-state index in [1.165, 1.54) is 30.1 Å². The average Bonchev–Trinajstić information content (AvgIpc) is 2.74. The first kappa shape index (κ1) is 24.6. The summed E-state index contributed by atoms with van der Waals surface area (Å²) in [6.07, 6.45) is 5.06. The van der Waals surface area contributed by atoms with Gasteiger partial charge in [0.05, 0.1) is 4.90 Å². The molecule has 1 unspecified atom stereocenters. The van der Waals surface area contributed by atoms with Gasteiger partial charge in [-0.2, -0.15) is 4.31 Å². The van der Waals surface area contributed by atoms with Gasteiger partial charge in [-0.1, -0.05) is 18.6 Å². The van der Waals surface area contributed by atoms with Gasteiger partial charge in [-0.3, -0.25) is 4.99 Å². The van der Waals surface area contributed by atoms with Crippen LogP contribution < -0.4 is 10.6 Å². The fourth-order valence-electron chi connectivity index (χ4n) is 3.61. The molecule has 0 bridgehead atoms. The zero-order valence-corrected chi connectivity index (χ0v) is 20.0. The van der Waals surface area contributed by atoms with Gasteiger partial charge in [0.1, 0.15) is 0 Å². The number of nitrogens with one attached hydrogen (secondary N) is 2. The highest BCUT2D eigenvalue weighted by Gasteiger charge is 2.22. The lowest BCUT2D eigenvalue weighted by Gasteiger charge is -2.33. The van der Waals surface area contributed by atoms with Gasteiger partial charge in [0.2, 0.25) is 10.0 Å². The maximum absolute atomic E-state index is 12.6. The maximum atomic E-state index is 12.6. The third-order valence-corrected chi connectivity index (χ3v) is 7.91. The van der Waals surface area contributed by atoms with Gasteiger partial charge in [-0.05, 0) is 64.3 Å². The number of guanidine groups is 1. The van der Waals surface area contributed by atoms with Crippen molar-refractivity contribution in [3.8, 4) is 0 Å². The Bertz CT molecular complexity index is 777. The summed E-state index contributed by atoms with van der Waals surface area (Å²) in [5, 5.41) is 6.66. The van der Waals surface area contributed by atoms with Crippen molar-refractivity contribution in [1.82, 2.24) is 19.8 Å². The first-order valence-corrected chi connectivity index (χ1v) is 12.4. The summed E-state index contributed by atoms with van der Waals surface area (Å²) in [5.74, 6) is 0.762. The van der Waals surface area contributed by atoms with E-state index in [-0.39, 0.29) is 6.04 Å². The molecule has 2 rings (SSSR count). The van der Waals surface area contributed by atoms with Crippen LogP contribution in [0.15, 0.2) is 34.2 Å². The molecule has 1 atom stereocenters. The molecule has 1 aliphatic rings. The smallest absolute Gasteiger partial charge is 0.243 e. The van der Waals surface area contributed by atoms with Crippen LogP contribution >= 0.6 is 0 Å². The standard InChI is InChI=1S/C22H39N5O2S/c1-18(2)26(5)30(28,29)21-12-10-20(11-13-21)17-25-22(23-4)24-14-8-16-27-15-7-6-9-19(27)3/h10-13,18-19H,6-9,14-17H2,1-5H3,(H2,23,24,25). The van der Waals surface area contributed by atoms with E-state index in [4.69, 9.17) is 0 Å². The molecular weight excluding hydrogens is 398 g/mol. The van der Waals surface area contributed by atoms with E-state index in [2.05, 4.69) is 27.4 Å². The summed E-state index contributed by atoms with van der Waals surface area (Å²) in [7, 11) is -0.0748. The quantitative estimate of drug-likeness (QED) is 0.353. The summed E-state index contributed by atoms with van der Waals surface area (Å²) in [6.45, 7) is 9.84. The van der Waals surface area contributed by atoms with Crippen molar-refractivity contribution >= 4 is 16.0 Å². The van der Waals surface area contributed by atoms with E-state index < -0.39 is 10.0 Å². The second-order valence-corrected chi connectivity index (χ2v) is 10.3. The Morgan fingerprint density at radius 3 is 2.53 bits per heavy atom. The fraction of sp³-hybridized carbons (Fsp3) is 0.682. The Hall–Kier alpha value is -1.64. The summed E-state index contributed by atoms with van der Waals surface area (Å²) in [4.78, 5) is 7.17. The molecule has 1 aromatic rings. The Morgan fingerprint density at radius 1 is 1.23 bits per heavy atom. The lowest BCUT2D eigenvalue weighted by molar-refractivity contribution is 0.159. The Labute approximate surface area is 183 Å². The highest BCUT2D eigenvalue weighted by Crippen LogP contribution is 2.17. The average molecular weight is 438 g/mol. The first-order chi connectivity index (χ1) is 14.3. The van der Waals surface area contributed by atoms with Crippen molar-refractivity contribution in [2.24, 2.45) is 4.99 Å². The molecule has 1 fully saturated rings. The highest BCUT2D eigenvalue weighted by atomic mass is 32.2. The second kappa shape index (κ2) is 11.7. The van der Waals surface area contributed by atoms with E-state index in [1.54, 1.807) is 26.2 Å². The number of piperidine rings is 1. The molecule has 0 radical (unpaired) electrons. The highest BCUT2D eigenvalue weighted by molar-refractivity contribution is 7.89. The van der Waals surface area contributed by atoms with Crippen molar-refractivity contribution in [3.05, 3.63) is 29.8 Å². The predicted octanol–water partition coefficient (Wildman–Crippen LogP) is 2.65. The SMILES string of the molecule is CN=C(NCCCN1CCCCC1C)NCc1ccc(S(=O)(=O)N(C)C(C)C)cc1. The van der Waals surface area contributed by atoms with Crippen molar-refractivity contribution in [3.63, 3.8) is 0 Å². The molecule has 1 heterocycles. The third-order valence-electron chi connectivity index (χ3n) is 5.87. The minimum absolute atomic E-state index is 0.0798. The van der Waals surface area contributed by atoms with Crippen molar-refractivity contribution < 1.29 is 8.42 Å². The van der Waals surface area contributed by atoms with Gasteiger partial charge in [-0.25, -0.2) is 8.42 Å². The van der Waals surface area contributed by atoms with Crippen molar-refractivity contribution in [2.75, 3.05) is 33.7 Å². The Kier molecular flexibility index (Phi) is 9.58. The van der Waals surface area contributed by atoms with Crippen LogP contribution in [0.2, 0.25) is 0 Å². The van der Waals surface area contributed by atoms with E-state index in [9.17, 15) is 8.42 Å². The van der Waals surface area contributed by atoms with Crippen LogP contribution in [0.4, 0.5) is 0 Å². The zero-order valence-electron chi connectivity index (χ0n) is 19.2. The Morgan fingerprint density at radius 2 is 1.93 bits per heavy atom. The molecule has 30 heavy (non-hydrogen) atoms. The number of rotatable bonds is 9. The third kappa shape index (κ3) is 6.96. The lowest BCUT2D eigenvalue weighted by atomic mass is 10.0. The largest absolute Gasteiger partial charge is 0.356 e. The molecule has 0 amide bonds. The van der Waals surface area contributed by atoms with Gasteiger partial charge >= 0.3 is 0 Å². The minimum Gasteiger partial charge on any atom is -0.356 e. The summed E-state index contributed by atoms with van der Waals surface area (Å²) < 4.78 is 26.5. The summed E-state index contributed by atoms with van der Waals surface area (Å²) in [5.41, 5.74) is 1.01. The number of nitrogens with zero attached hydrogens (tertiary/aromatic N) is 3. The van der Waals surface area contributed by atoms with Crippen LogP contribution in [-0.2, 0) is 16.6 Å². The normalized spacial score (nSPS) is 18.8. The summed E-state index contributed by atoms with van der Waals surface area (Å²) >= 11 is 0. The number of benzene rings is 1. The molecule has 0 saturated carbocycles. The molecule has 1 aliphatic heterocycles. The second-order valence-electron chi connectivity index (χ2n) is 8.35. The zero-order chi connectivity index (χ0) is 22.1. The summed E-state index contributed by atoms with van der Waals surface area (Å²) in [6, 6.07) is 7.65. The van der Waals surface area contributed by atoms with Crippen LogP contribution in [0.1, 0.15) is 52.0 Å². The van der Waals surface area contributed by atoms with E-state index in [0.29, 0.717) is 17.5 Å². The van der Waals surface area contributed by atoms with Crippen LogP contribution in [0.3, 0.4) is 0 Å². The molecule has 0 aromatic heterocycles. The topological polar surface area (TPSA) is 77.0 Å². The number of sulfonamides is 1. The molecule has 8 heteroatoms. The van der Waals surface area contributed by atoms with E-state index >= 15 is 0 Å².